The van der Waals surface area contributed by atoms with Gasteiger partial charge in [0.25, 0.3) is 5.56 Å². The fourth-order valence-electron chi connectivity index (χ4n) is 2.01. The number of rotatable bonds is 4. The Morgan fingerprint density at radius 2 is 1.95 bits per heavy atom. The monoisotopic (exact) mass is 293 g/mol. The molecule has 6 heteroatoms. The van der Waals surface area contributed by atoms with Gasteiger partial charge in [-0.1, -0.05) is 36.7 Å². The second-order valence-corrected chi connectivity index (χ2v) is 4.95. The number of hydrogen-bond acceptors (Lipinski definition) is 3. The Balaban J connectivity index is 2.54. The van der Waals surface area contributed by atoms with E-state index >= 15 is 0 Å². The molecule has 2 N–H and O–H groups in total. The van der Waals surface area contributed by atoms with Crippen molar-refractivity contribution in [1.29, 1.82) is 0 Å². The van der Waals surface area contributed by atoms with Gasteiger partial charge in [0.15, 0.2) is 0 Å². The van der Waals surface area contributed by atoms with E-state index in [0.29, 0.717) is 17.1 Å². The Labute approximate surface area is 121 Å². The molecular weight excluding hydrogens is 278 g/mol. The summed E-state index contributed by atoms with van der Waals surface area (Å²) in [5.74, 6) is 0. The molecule has 1 heterocycles. The van der Waals surface area contributed by atoms with Gasteiger partial charge in [-0.05, 0) is 18.1 Å². The molecule has 0 atom stereocenters. The van der Waals surface area contributed by atoms with Crippen molar-refractivity contribution in [3.8, 4) is 0 Å². The van der Waals surface area contributed by atoms with Crippen LogP contribution >= 0.6 is 11.6 Å². The highest BCUT2D eigenvalue weighted by atomic mass is 35.5. The lowest BCUT2D eigenvalue weighted by Gasteiger charge is -2.11. The van der Waals surface area contributed by atoms with Gasteiger partial charge >= 0.3 is 5.69 Å². The minimum atomic E-state index is -0.484. The molecule has 0 aliphatic carbocycles. The maximum atomic E-state index is 12.3. The molecule has 0 saturated carbocycles. The molecule has 0 unspecified atom stereocenters. The van der Waals surface area contributed by atoms with Gasteiger partial charge in [-0.2, -0.15) is 0 Å². The number of nitrogens with zero attached hydrogens (tertiary/aromatic N) is 2. The average molecular weight is 294 g/mol. The molecule has 0 fully saturated rings. The van der Waals surface area contributed by atoms with Crippen LogP contribution in [0.4, 0.5) is 5.69 Å². The highest BCUT2D eigenvalue weighted by Crippen LogP contribution is 2.15. The van der Waals surface area contributed by atoms with Crippen molar-refractivity contribution >= 4 is 17.3 Å². The highest BCUT2D eigenvalue weighted by Gasteiger charge is 2.10. The lowest BCUT2D eigenvalue weighted by atomic mass is 10.2. The van der Waals surface area contributed by atoms with Crippen molar-refractivity contribution in [2.24, 2.45) is 0 Å². The molecule has 2 rings (SSSR count). The molecular formula is C14H16ClN3O2. The fraction of sp³-hybridized carbons (Fsp3) is 0.286. The van der Waals surface area contributed by atoms with Crippen LogP contribution < -0.4 is 17.0 Å². The molecule has 0 aliphatic heterocycles. The topological polar surface area (TPSA) is 70.0 Å². The van der Waals surface area contributed by atoms with E-state index in [4.69, 9.17) is 17.3 Å². The van der Waals surface area contributed by atoms with Crippen molar-refractivity contribution in [3.63, 3.8) is 0 Å². The molecule has 5 nitrogen and oxygen atoms in total. The summed E-state index contributed by atoms with van der Waals surface area (Å²) in [6.45, 7) is 2.59. The maximum absolute atomic E-state index is 12.3. The first-order valence-corrected chi connectivity index (χ1v) is 6.75. The van der Waals surface area contributed by atoms with E-state index in [1.165, 1.54) is 10.8 Å². The van der Waals surface area contributed by atoms with Crippen LogP contribution in [-0.2, 0) is 13.1 Å². The Bertz CT molecular complexity index is 734. The van der Waals surface area contributed by atoms with Crippen molar-refractivity contribution < 1.29 is 0 Å². The SMILES string of the molecule is CCCn1cc(N)c(=O)n(Cc2ccccc2Cl)c1=O. The number of anilines is 1. The standard InChI is InChI=1S/C14H16ClN3O2/c1-2-7-17-9-12(16)13(19)18(14(17)20)8-10-5-3-4-6-11(10)15/h3-6,9H,2,7-8,16H2,1H3. The zero-order valence-corrected chi connectivity index (χ0v) is 11.9. The van der Waals surface area contributed by atoms with Crippen LogP contribution in [0.3, 0.4) is 0 Å². The first-order chi connectivity index (χ1) is 9.54. The molecule has 0 radical (unpaired) electrons. The Kier molecular flexibility index (Phi) is 4.29. The van der Waals surface area contributed by atoms with Crippen LogP contribution in [0, 0.1) is 0 Å². The van der Waals surface area contributed by atoms with Crippen molar-refractivity contribution in [3.05, 3.63) is 61.9 Å². The summed E-state index contributed by atoms with van der Waals surface area (Å²) in [7, 11) is 0. The van der Waals surface area contributed by atoms with E-state index in [2.05, 4.69) is 0 Å². The quantitative estimate of drug-likeness (QED) is 0.933. The van der Waals surface area contributed by atoms with Gasteiger partial charge in [-0.25, -0.2) is 4.79 Å². The molecule has 106 valence electrons. The smallest absolute Gasteiger partial charge is 0.331 e. The van der Waals surface area contributed by atoms with Gasteiger partial charge in [0.05, 0.1) is 6.54 Å². The summed E-state index contributed by atoms with van der Waals surface area (Å²) < 4.78 is 2.57. The first-order valence-electron chi connectivity index (χ1n) is 6.37. The van der Waals surface area contributed by atoms with Gasteiger partial charge in [-0.15, -0.1) is 0 Å². The number of benzene rings is 1. The van der Waals surface area contributed by atoms with E-state index in [-0.39, 0.29) is 17.9 Å². The zero-order valence-electron chi connectivity index (χ0n) is 11.2. The number of hydrogen-bond donors (Lipinski definition) is 1. The molecule has 1 aromatic heterocycles. The van der Waals surface area contributed by atoms with Crippen molar-refractivity contribution in [2.45, 2.75) is 26.4 Å². The van der Waals surface area contributed by atoms with Crippen LogP contribution in [0.15, 0.2) is 40.1 Å². The number of aromatic nitrogens is 2. The zero-order chi connectivity index (χ0) is 14.7. The van der Waals surface area contributed by atoms with Gasteiger partial charge in [0.2, 0.25) is 0 Å². The van der Waals surface area contributed by atoms with Gasteiger partial charge in [0, 0.05) is 17.8 Å². The van der Waals surface area contributed by atoms with Gasteiger partial charge in [0.1, 0.15) is 5.69 Å². The van der Waals surface area contributed by atoms with Crippen LogP contribution in [-0.4, -0.2) is 9.13 Å². The fourth-order valence-corrected chi connectivity index (χ4v) is 2.21. The van der Waals surface area contributed by atoms with Crippen LogP contribution in [0.25, 0.3) is 0 Å². The third kappa shape index (κ3) is 2.77. The second kappa shape index (κ2) is 5.96. The second-order valence-electron chi connectivity index (χ2n) is 4.54. The predicted octanol–water partition coefficient (Wildman–Crippen LogP) is 1.70. The number of nitrogen functional groups attached to an aromatic ring is 1. The Morgan fingerprint density at radius 1 is 1.25 bits per heavy atom. The molecule has 0 spiro atoms. The summed E-state index contributed by atoms with van der Waals surface area (Å²) in [5, 5.41) is 0.517. The summed E-state index contributed by atoms with van der Waals surface area (Å²) in [5.41, 5.74) is 5.60. The predicted molar refractivity (Wildman–Crippen MR) is 80.2 cm³/mol. The highest BCUT2D eigenvalue weighted by molar-refractivity contribution is 6.31. The first kappa shape index (κ1) is 14.4. The van der Waals surface area contributed by atoms with E-state index < -0.39 is 5.56 Å². The largest absolute Gasteiger partial charge is 0.393 e. The Morgan fingerprint density at radius 3 is 2.60 bits per heavy atom. The lowest BCUT2D eigenvalue weighted by Crippen LogP contribution is -2.41. The maximum Gasteiger partial charge on any atom is 0.331 e. The van der Waals surface area contributed by atoms with Crippen molar-refractivity contribution in [2.75, 3.05) is 5.73 Å². The molecule has 1 aromatic carbocycles. The molecule has 0 amide bonds. The van der Waals surface area contributed by atoms with Crippen LogP contribution in [0.2, 0.25) is 5.02 Å². The number of aryl methyl sites for hydroxylation is 1. The molecule has 2 aromatic rings. The molecule has 0 aliphatic rings. The summed E-state index contributed by atoms with van der Waals surface area (Å²) in [4.78, 5) is 24.3. The minimum Gasteiger partial charge on any atom is -0.393 e. The van der Waals surface area contributed by atoms with Gasteiger partial charge < -0.3 is 5.73 Å². The molecule has 0 saturated heterocycles. The number of halogens is 1. The third-order valence-electron chi connectivity index (χ3n) is 3.01. The van der Waals surface area contributed by atoms with Crippen molar-refractivity contribution in [1.82, 2.24) is 9.13 Å². The molecule has 0 bridgehead atoms. The minimum absolute atomic E-state index is 0.0603. The van der Waals surface area contributed by atoms with E-state index in [1.54, 1.807) is 18.2 Å². The van der Waals surface area contributed by atoms with Crippen LogP contribution in [0.5, 0.6) is 0 Å². The summed E-state index contributed by atoms with van der Waals surface area (Å²) in [6.07, 6.45) is 2.18. The third-order valence-corrected chi connectivity index (χ3v) is 3.38. The van der Waals surface area contributed by atoms with Gasteiger partial charge in [-0.3, -0.25) is 13.9 Å². The normalized spacial score (nSPS) is 10.7. The van der Waals surface area contributed by atoms with E-state index in [1.807, 2.05) is 13.0 Å². The van der Waals surface area contributed by atoms with E-state index in [0.717, 1.165) is 11.0 Å². The Hall–Kier alpha value is -2.01. The summed E-state index contributed by atoms with van der Waals surface area (Å²) in [6, 6.07) is 7.10. The molecule has 20 heavy (non-hydrogen) atoms. The lowest BCUT2D eigenvalue weighted by molar-refractivity contribution is 0.573. The van der Waals surface area contributed by atoms with Crippen LogP contribution in [0.1, 0.15) is 18.9 Å². The van der Waals surface area contributed by atoms with E-state index in [9.17, 15) is 9.59 Å². The average Bonchev–Trinajstić information content (AvgIpc) is 2.43. The number of nitrogens with two attached hydrogens (primary N) is 1. The summed E-state index contributed by atoms with van der Waals surface area (Å²) >= 11 is 6.06.